The Labute approximate surface area is 120 Å². The second kappa shape index (κ2) is 4.94. The monoisotopic (exact) mass is 284 g/mol. The van der Waals surface area contributed by atoms with Gasteiger partial charge in [0.2, 0.25) is 0 Å². The molecule has 3 N–H and O–H groups in total. The van der Waals surface area contributed by atoms with Crippen LogP contribution in [0, 0.1) is 5.82 Å². The van der Waals surface area contributed by atoms with Crippen molar-refractivity contribution in [3.63, 3.8) is 0 Å². The first kappa shape index (κ1) is 13.2. The molecule has 1 heterocycles. The van der Waals surface area contributed by atoms with Crippen LogP contribution in [0.3, 0.4) is 0 Å². The van der Waals surface area contributed by atoms with E-state index in [0.29, 0.717) is 33.5 Å². The van der Waals surface area contributed by atoms with E-state index in [9.17, 15) is 9.18 Å². The molecule has 5 heteroatoms. The van der Waals surface area contributed by atoms with Gasteiger partial charge >= 0.3 is 0 Å². The predicted octanol–water partition coefficient (Wildman–Crippen LogP) is 3.13. The lowest BCUT2D eigenvalue weighted by Gasteiger charge is -2.08. The average molecular weight is 284 g/mol. The molecule has 0 aliphatic carbocycles. The third-order valence-electron chi connectivity index (χ3n) is 3.36. The molecule has 0 saturated heterocycles. The molecule has 0 saturated carbocycles. The molecule has 0 fully saturated rings. The van der Waals surface area contributed by atoms with Gasteiger partial charge in [-0.2, -0.15) is 0 Å². The summed E-state index contributed by atoms with van der Waals surface area (Å²) in [6.07, 6.45) is 1.56. The number of anilines is 1. The summed E-state index contributed by atoms with van der Waals surface area (Å²) in [7, 11) is 1.49. The number of hydrogen-bond donors (Lipinski definition) is 2. The normalized spacial score (nSPS) is 10.8. The van der Waals surface area contributed by atoms with Gasteiger partial charge in [0.25, 0.3) is 0 Å². The van der Waals surface area contributed by atoms with Gasteiger partial charge in [-0.25, -0.2) is 4.39 Å². The highest BCUT2D eigenvalue weighted by molar-refractivity contribution is 6.17. The van der Waals surface area contributed by atoms with Crippen LogP contribution in [0.15, 0.2) is 42.6 Å². The fourth-order valence-electron chi connectivity index (χ4n) is 2.33. The number of benzene rings is 2. The molecule has 0 spiro atoms. The molecule has 0 aliphatic heterocycles. The Morgan fingerprint density at radius 1 is 1.19 bits per heavy atom. The number of rotatable bonds is 3. The second-order valence-electron chi connectivity index (χ2n) is 4.68. The van der Waals surface area contributed by atoms with Gasteiger partial charge in [0.1, 0.15) is 11.6 Å². The lowest BCUT2D eigenvalue weighted by atomic mass is 10.0. The highest BCUT2D eigenvalue weighted by Gasteiger charge is 2.18. The number of fused-ring (bicyclic) bond motifs is 1. The molecule has 2 aromatic carbocycles. The number of nitrogen functional groups attached to an aromatic ring is 1. The number of halogens is 1. The molecule has 0 amide bonds. The zero-order chi connectivity index (χ0) is 15.0. The standard InChI is InChI=1S/C16H13FN2O2/c1-21-15-5-3-10(18)7-12(15)16(20)13-8-19-14-6-9(17)2-4-11(13)14/h2-8,19H,18H2,1H3. The third kappa shape index (κ3) is 2.23. The Morgan fingerprint density at radius 3 is 2.76 bits per heavy atom. The number of carbonyl (C=O) groups is 1. The minimum atomic E-state index is -0.357. The summed E-state index contributed by atoms with van der Waals surface area (Å²) in [5, 5.41) is 0.658. The van der Waals surface area contributed by atoms with E-state index in [4.69, 9.17) is 10.5 Å². The molecule has 106 valence electrons. The summed E-state index contributed by atoms with van der Waals surface area (Å²) in [6.45, 7) is 0. The topological polar surface area (TPSA) is 68.1 Å². The fraction of sp³-hybridized carbons (Fsp3) is 0.0625. The SMILES string of the molecule is COc1ccc(N)cc1C(=O)c1c[nH]c2cc(F)ccc12. The number of aromatic nitrogens is 1. The van der Waals surface area contributed by atoms with Crippen LogP contribution in [0.25, 0.3) is 10.9 Å². The summed E-state index contributed by atoms with van der Waals surface area (Å²) in [6, 6.07) is 9.14. The van der Waals surface area contributed by atoms with Crippen molar-refractivity contribution in [3.05, 3.63) is 59.5 Å². The summed E-state index contributed by atoms with van der Waals surface area (Å²) in [5.41, 5.74) is 7.62. The largest absolute Gasteiger partial charge is 0.496 e. The van der Waals surface area contributed by atoms with Crippen LogP contribution in [0.2, 0.25) is 0 Å². The van der Waals surface area contributed by atoms with Crippen LogP contribution in [0.1, 0.15) is 15.9 Å². The van der Waals surface area contributed by atoms with E-state index >= 15 is 0 Å². The van der Waals surface area contributed by atoms with Gasteiger partial charge in [0.05, 0.1) is 12.7 Å². The zero-order valence-corrected chi connectivity index (χ0v) is 11.3. The average Bonchev–Trinajstić information content (AvgIpc) is 2.89. The summed E-state index contributed by atoms with van der Waals surface area (Å²) < 4.78 is 18.4. The zero-order valence-electron chi connectivity index (χ0n) is 11.3. The molecule has 0 radical (unpaired) electrons. The Morgan fingerprint density at radius 2 is 2.00 bits per heavy atom. The molecular weight excluding hydrogens is 271 g/mol. The molecule has 21 heavy (non-hydrogen) atoms. The number of ketones is 1. The Balaban J connectivity index is 2.15. The smallest absolute Gasteiger partial charge is 0.198 e. The lowest BCUT2D eigenvalue weighted by molar-refractivity contribution is 0.103. The van der Waals surface area contributed by atoms with Gasteiger partial charge in [0.15, 0.2) is 5.78 Å². The molecular formula is C16H13FN2O2. The van der Waals surface area contributed by atoms with E-state index in [1.165, 1.54) is 19.2 Å². The number of H-pyrrole nitrogens is 1. The molecule has 0 aliphatic rings. The first-order chi connectivity index (χ1) is 10.1. The predicted molar refractivity (Wildman–Crippen MR) is 79.1 cm³/mol. The lowest BCUT2D eigenvalue weighted by Crippen LogP contribution is -2.04. The van der Waals surface area contributed by atoms with E-state index < -0.39 is 0 Å². The summed E-state index contributed by atoms with van der Waals surface area (Å²) in [5.74, 6) is -0.132. The number of ether oxygens (including phenoxy) is 1. The van der Waals surface area contributed by atoms with Crippen LogP contribution in [0.4, 0.5) is 10.1 Å². The van der Waals surface area contributed by atoms with Crippen molar-refractivity contribution in [1.82, 2.24) is 4.98 Å². The van der Waals surface area contributed by atoms with E-state index in [1.807, 2.05) is 0 Å². The van der Waals surface area contributed by atoms with Crippen LogP contribution < -0.4 is 10.5 Å². The van der Waals surface area contributed by atoms with Crippen molar-refractivity contribution in [1.29, 1.82) is 0 Å². The van der Waals surface area contributed by atoms with Gasteiger partial charge in [0, 0.05) is 28.4 Å². The van der Waals surface area contributed by atoms with Gasteiger partial charge in [-0.1, -0.05) is 0 Å². The van der Waals surface area contributed by atoms with Gasteiger partial charge < -0.3 is 15.5 Å². The van der Waals surface area contributed by atoms with Crippen molar-refractivity contribution in [2.24, 2.45) is 0 Å². The van der Waals surface area contributed by atoms with E-state index in [1.54, 1.807) is 30.5 Å². The number of nitrogens with one attached hydrogen (secondary N) is 1. The van der Waals surface area contributed by atoms with Crippen molar-refractivity contribution in [3.8, 4) is 5.75 Å². The fourth-order valence-corrected chi connectivity index (χ4v) is 2.33. The molecule has 0 atom stereocenters. The molecule has 4 nitrogen and oxygen atoms in total. The first-order valence-electron chi connectivity index (χ1n) is 6.35. The van der Waals surface area contributed by atoms with Crippen LogP contribution in [-0.4, -0.2) is 17.9 Å². The number of aromatic amines is 1. The number of carbonyl (C=O) groups excluding carboxylic acids is 1. The third-order valence-corrected chi connectivity index (χ3v) is 3.36. The maximum absolute atomic E-state index is 13.2. The Bertz CT molecular complexity index is 839. The van der Waals surface area contributed by atoms with Crippen molar-refractivity contribution in [2.75, 3.05) is 12.8 Å². The number of hydrogen-bond acceptors (Lipinski definition) is 3. The first-order valence-corrected chi connectivity index (χ1v) is 6.35. The van der Waals surface area contributed by atoms with Crippen molar-refractivity contribution >= 4 is 22.4 Å². The summed E-state index contributed by atoms with van der Waals surface area (Å²) >= 11 is 0. The molecule has 3 rings (SSSR count). The van der Waals surface area contributed by atoms with Crippen LogP contribution in [0.5, 0.6) is 5.75 Å². The van der Waals surface area contributed by atoms with Crippen LogP contribution in [-0.2, 0) is 0 Å². The van der Waals surface area contributed by atoms with Crippen LogP contribution >= 0.6 is 0 Å². The van der Waals surface area contributed by atoms with Gasteiger partial charge in [-0.3, -0.25) is 4.79 Å². The molecule has 0 unspecified atom stereocenters. The maximum Gasteiger partial charge on any atom is 0.198 e. The highest BCUT2D eigenvalue weighted by atomic mass is 19.1. The Hall–Kier alpha value is -2.82. The highest BCUT2D eigenvalue weighted by Crippen LogP contribution is 2.27. The van der Waals surface area contributed by atoms with E-state index in [2.05, 4.69) is 4.98 Å². The van der Waals surface area contributed by atoms with Crippen molar-refractivity contribution in [2.45, 2.75) is 0 Å². The quantitative estimate of drug-likeness (QED) is 0.573. The molecule has 1 aromatic heterocycles. The molecule has 3 aromatic rings. The van der Waals surface area contributed by atoms with E-state index in [-0.39, 0.29) is 11.6 Å². The Kier molecular flexibility index (Phi) is 3.10. The summed E-state index contributed by atoms with van der Waals surface area (Å²) in [4.78, 5) is 15.6. The van der Waals surface area contributed by atoms with Gasteiger partial charge in [-0.15, -0.1) is 0 Å². The number of nitrogens with two attached hydrogens (primary N) is 1. The van der Waals surface area contributed by atoms with Crippen molar-refractivity contribution < 1.29 is 13.9 Å². The maximum atomic E-state index is 13.2. The minimum Gasteiger partial charge on any atom is -0.496 e. The molecule has 0 bridgehead atoms. The number of methoxy groups -OCH3 is 1. The second-order valence-corrected chi connectivity index (χ2v) is 4.68. The van der Waals surface area contributed by atoms with Gasteiger partial charge in [-0.05, 0) is 36.4 Å². The van der Waals surface area contributed by atoms with E-state index in [0.717, 1.165) is 0 Å². The minimum absolute atomic E-state index is 0.225.